The van der Waals surface area contributed by atoms with Gasteiger partial charge in [0, 0.05) is 67.1 Å². The van der Waals surface area contributed by atoms with Crippen LogP contribution in [0.5, 0.6) is 0 Å². The Morgan fingerprint density at radius 3 is 2.10 bits per heavy atom. The fourth-order valence-electron chi connectivity index (χ4n) is 5.22. The molecular weight excluding hydrogens is 535 g/mol. The van der Waals surface area contributed by atoms with Gasteiger partial charge in [0.1, 0.15) is 5.56 Å². The number of likely N-dealkylation sites (tertiary alicyclic amines) is 2. The van der Waals surface area contributed by atoms with Gasteiger partial charge in [-0.25, -0.2) is 0 Å². The summed E-state index contributed by atoms with van der Waals surface area (Å²) >= 11 is 5.95. The molecule has 4 rings (SSSR count). The fourth-order valence-corrected chi connectivity index (χ4v) is 5.34. The van der Waals surface area contributed by atoms with Crippen LogP contribution in [0.3, 0.4) is 0 Å². The van der Waals surface area contributed by atoms with E-state index in [4.69, 9.17) is 11.6 Å². The number of benzene rings is 2. The van der Waals surface area contributed by atoms with Gasteiger partial charge >= 0.3 is 6.18 Å². The van der Waals surface area contributed by atoms with Crippen molar-refractivity contribution in [2.75, 3.05) is 43.4 Å². The first-order chi connectivity index (χ1) is 18.6. The highest BCUT2D eigenvalue weighted by molar-refractivity contribution is 6.30. The van der Waals surface area contributed by atoms with Crippen molar-refractivity contribution in [1.29, 1.82) is 0 Å². The Morgan fingerprint density at radius 2 is 1.51 bits per heavy atom. The second kappa shape index (κ2) is 12.9. The van der Waals surface area contributed by atoms with Gasteiger partial charge in [0.2, 0.25) is 5.91 Å². The molecule has 2 heterocycles. The summed E-state index contributed by atoms with van der Waals surface area (Å²) in [6, 6.07) is 11.0. The summed E-state index contributed by atoms with van der Waals surface area (Å²) in [5, 5.41) is 18.3. The second-order valence-corrected chi connectivity index (χ2v) is 10.6. The Bertz CT molecular complexity index is 1130. The van der Waals surface area contributed by atoms with Gasteiger partial charge in [0.25, 0.3) is 5.69 Å². The minimum atomic E-state index is -4.82. The average Bonchev–Trinajstić information content (AvgIpc) is 2.91. The number of hydrogen-bond acceptors (Lipinski definition) is 6. The van der Waals surface area contributed by atoms with Gasteiger partial charge in [0.05, 0.1) is 4.92 Å². The van der Waals surface area contributed by atoms with Crippen molar-refractivity contribution in [3.8, 4) is 0 Å². The van der Waals surface area contributed by atoms with Gasteiger partial charge in [-0.05, 0) is 75.0 Å². The zero-order chi connectivity index (χ0) is 28.0. The standard InChI is InChI=1S/C27H33ClF3N5O3/c28-19-3-5-20(6-4-19)32-21-9-14-34(15-10-21)13-1-2-26(37)35-16-11-22(12-17-35)33-23-7-8-25(36(38)39)24(18-23)27(29,30)31/h3-8,18,21-22,32-33H,1-2,9-17H2. The van der Waals surface area contributed by atoms with Crippen molar-refractivity contribution in [2.24, 2.45) is 0 Å². The Morgan fingerprint density at radius 1 is 0.949 bits per heavy atom. The molecular formula is C27H33ClF3N5O3. The molecule has 0 aromatic heterocycles. The topological polar surface area (TPSA) is 90.8 Å². The minimum Gasteiger partial charge on any atom is -0.382 e. The summed E-state index contributed by atoms with van der Waals surface area (Å²) in [4.78, 5) is 26.9. The van der Waals surface area contributed by atoms with Crippen molar-refractivity contribution in [3.05, 3.63) is 63.2 Å². The van der Waals surface area contributed by atoms with Crippen LogP contribution < -0.4 is 10.6 Å². The highest BCUT2D eigenvalue weighted by atomic mass is 35.5. The summed E-state index contributed by atoms with van der Waals surface area (Å²) in [5.74, 6) is 0.0995. The predicted molar refractivity (Wildman–Crippen MR) is 145 cm³/mol. The molecule has 39 heavy (non-hydrogen) atoms. The molecule has 2 saturated heterocycles. The van der Waals surface area contributed by atoms with Crippen LogP contribution in [0.4, 0.5) is 30.2 Å². The van der Waals surface area contributed by atoms with Crippen LogP contribution in [-0.2, 0) is 11.0 Å². The molecule has 0 radical (unpaired) electrons. The van der Waals surface area contributed by atoms with Crippen LogP contribution in [-0.4, -0.2) is 65.4 Å². The zero-order valence-electron chi connectivity index (χ0n) is 21.6. The lowest BCUT2D eigenvalue weighted by molar-refractivity contribution is -0.388. The Balaban J connectivity index is 1.14. The molecule has 2 aliphatic heterocycles. The van der Waals surface area contributed by atoms with E-state index < -0.39 is 22.4 Å². The largest absolute Gasteiger partial charge is 0.423 e. The quantitative estimate of drug-likeness (QED) is 0.284. The highest BCUT2D eigenvalue weighted by Crippen LogP contribution is 2.38. The molecule has 0 unspecified atom stereocenters. The summed E-state index contributed by atoms with van der Waals surface area (Å²) in [6.07, 6.45) is -0.295. The van der Waals surface area contributed by atoms with Crippen LogP contribution >= 0.6 is 11.6 Å². The van der Waals surface area contributed by atoms with Gasteiger partial charge in [-0.2, -0.15) is 13.2 Å². The molecule has 0 aliphatic carbocycles. The molecule has 2 fully saturated rings. The summed E-state index contributed by atoms with van der Waals surface area (Å²) < 4.78 is 39.8. The van der Waals surface area contributed by atoms with Gasteiger partial charge in [-0.3, -0.25) is 14.9 Å². The second-order valence-electron chi connectivity index (χ2n) is 10.2. The third-order valence-electron chi connectivity index (χ3n) is 7.38. The first kappa shape index (κ1) is 28.9. The van der Waals surface area contributed by atoms with E-state index in [1.54, 1.807) is 0 Å². The van der Waals surface area contributed by atoms with E-state index in [1.165, 1.54) is 6.07 Å². The lowest BCUT2D eigenvalue weighted by Gasteiger charge is -2.34. The molecule has 212 valence electrons. The van der Waals surface area contributed by atoms with Gasteiger partial charge in [0.15, 0.2) is 0 Å². The number of rotatable bonds is 9. The number of nitrogens with one attached hydrogen (secondary N) is 2. The van der Waals surface area contributed by atoms with Crippen LogP contribution in [0.25, 0.3) is 0 Å². The van der Waals surface area contributed by atoms with E-state index in [9.17, 15) is 28.1 Å². The number of anilines is 2. The third-order valence-corrected chi connectivity index (χ3v) is 7.64. The number of carbonyl (C=O) groups is 1. The minimum absolute atomic E-state index is 0.0995. The van der Waals surface area contributed by atoms with E-state index in [0.29, 0.717) is 38.4 Å². The number of nitrogens with zero attached hydrogens (tertiary/aromatic N) is 3. The van der Waals surface area contributed by atoms with E-state index >= 15 is 0 Å². The molecule has 0 spiro atoms. The average molecular weight is 568 g/mol. The summed E-state index contributed by atoms with van der Waals surface area (Å²) in [6.45, 7) is 3.89. The van der Waals surface area contributed by atoms with Crippen molar-refractivity contribution in [2.45, 2.75) is 56.8 Å². The Labute approximate surface area is 230 Å². The molecule has 8 nitrogen and oxygen atoms in total. The molecule has 2 aromatic rings. The van der Waals surface area contributed by atoms with Crippen molar-refractivity contribution < 1.29 is 22.9 Å². The predicted octanol–water partition coefficient (Wildman–Crippen LogP) is 6.03. The first-order valence-electron chi connectivity index (χ1n) is 13.2. The summed E-state index contributed by atoms with van der Waals surface area (Å²) in [7, 11) is 0. The van der Waals surface area contributed by atoms with Gasteiger partial charge < -0.3 is 20.4 Å². The number of amides is 1. The van der Waals surface area contributed by atoms with Crippen molar-refractivity contribution in [3.63, 3.8) is 0 Å². The maximum atomic E-state index is 13.3. The van der Waals surface area contributed by atoms with Crippen LogP contribution in [0.15, 0.2) is 42.5 Å². The Kier molecular flexibility index (Phi) is 9.55. The molecule has 0 saturated carbocycles. The molecule has 12 heteroatoms. The van der Waals surface area contributed by atoms with Crippen molar-refractivity contribution >= 4 is 34.6 Å². The number of piperidine rings is 2. The zero-order valence-corrected chi connectivity index (χ0v) is 22.3. The number of hydrogen-bond donors (Lipinski definition) is 2. The lowest BCUT2D eigenvalue weighted by Crippen LogP contribution is -2.43. The van der Waals surface area contributed by atoms with E-state index in [1.807, 2.05) is 29.2 Å². The van der Waals surface area contributed by atoms with E-state index in [2.05, 4.69) is 15.5 Å². The van der Waals surface area contributed by atoms with Crippen LogP contribution in [0.1, 0.15) is 44.1 Å². The van der Waals surface area contributed by atoms with Crippen molar-refractivity contribution in [1.82, 2.24) is 9.80 Å². The fraction of sp³-hybridized carbons (Fsp3) is 0.519. The third kappa shape index (κ3) is 8.22. The van der Waals surface area contributed by atoms with Crippen LogP contribution in [0.2, 0.25) is 5.02 Å². The number of nitro groups is 1. The maximum Gasteiger partial charge on any atom is 0.423 e. The summed E-state index contributed by atoms with van der Waals surface area (Å²) in [5.41, 5.74) is -0.981. The Hall–Kier alpha value is -3.05. The molecule has 0 bridgehead atoms. The molecule has 1 amide bonds. The maximum absolute atomic E-state index is 13.3. The highest BCUT2D eigenvalue weighted by Gasteiger charge is 2.38. The van der Waals surface area contributed by atoms with Crippen LogP contribution in [0, 0.1) is 10.1 Å². The monoisotopic (exact) mass is 567 g/mol. The number of halogens is 4. The molecule has 2 aromatic carbocycles. The van der Waals surface area contributed by atoms with Gasteiger partial charge in [-0.15, -0.1) is 0 Å². The van der Waals surface area contributed by atoms with E-state index in [-0.39, 0.29) is 17.6 Å². The van der Waals surface area contributed by atoms with Gasteiger partial charge in [-0.1, -0.05) is 11.6 Å². The SMILES string of the molecule is O=C(CCCN1CCC(Nc2ccc(Cl)cc2)CC1)N1CCC(Nc2ccc([N+](=O)[O-])c(C(F)(F)F)c2)CC1. The lowest BCUT2D eigenvalue weighted by atomic mass is 10.0. The normalized spacial score (nSPS) is 17.7. The van der Waals surface area contributed by atoms with E-state index in [0.717, 1.165) is 61.7 Å². The molecule has 0 atom stereocenters. The number of alkyl halides is 3. The first-order valence-corrected chi connectivity index (χ1v) is 13.6. The molecule has 2 aliphatic rings. The number of nitro benzene ring substituents is 1. The smallest absolute Gasteiger partial charge is 0.382 e. The number of carbonyl (C=O) groups excluding carboxylic acids is 1. The molecule has 2 N–H and O–H groups in total.